The summed E-state index contributed by atoms with van der Waals surface area (Å²) in [5.41, 5.74) is 0. The van der Waals surface area contributed by atoms with E-state index in [1.807, 2.05) is 6.92 Å². The first-order valence-corrected chi connectivity index (χ1v) is 3.92. The Balaban J connectivity index is 3.67. The maximum Gasteiger partial charge on any atom is 0.305 e. The lowest BCUT2D eigenvalue weighted by Gasteiger charge is -2.17. The number of carbonyl (C=O) groups is 1. The minimum absolute atomic E-state index is 0.0190. The molecule has 0 aromatic heterocycles. The SMILES string of the molecule is CCC(=O)OC(C)C(C)CO. The molecule has 3 nitrogen and oxygen atoms in total. The van der Waals surface area contributed by atoms with Crippen molar-refractivity contribution in [3.8, 4) is 0 Å². The van der Waals surface area contributed by atoms with Crippen LogP contribution in [0, 0.1) is 5.92 Å². The minimum Gasteiger partial charge on any atom is -0.462 e. The highest BCUT2D eigenvalue weighted by molar-refractivity contribution is 5.69. The van der Waals surface area contributed by atoms with Crippen LogP contribution in [0.2, 0.25) is 0 Å². The van der Waals surface area contributed by atoms with E-state index >= 15 is 0 Å². The Hall–Kier alpha value is -0.570. The molecule has 0 aliphatic carbocycles. The molecule has 2 unspecified atom stereocenters. The number of aliphatic hydroxyl groups is 1. The van der Waals surface area contributed by atoms with Crippen LogP contribution in [0.15, 0.2) is 0 Å². The van der Waals surface area contributed by atoms with Gasteiger partial charge < -0.3 is 9.84 Å². The number of hydrogen-bond donors (Lipinski definition) is 1. The quantitative estimate of drug-likeness (QED) is 0.623. The van der Waals surface area contributed by atoms with Crippen LogP contribution >= 0.6 is 0 Å². The number of rotatable bonds is 4. The van der Waals surface area contributed by atoms with Crippen LogP contribution < -0.4 is 0 Å². The number of hydrogen-bond acceptors (Lipinski definition) is 3. The highest BCUT2D eigenvalue weighted by Gasteiger charge is 2.14. The zero-order valence-electron chi connectivity index (χ0n) is 7.33. The third-order valence-corrected chi connectivity index (χ3v) is 1.70. The van der Waals surface area contributed by atoms with Gasteiger partial charge in [0.25, 0.3) is 0 Å². The number of esters is 1. The largest absolute Gasteiger partial charge is 0.462 e. The molecular formula is C8H16O3. The van der Waals surface area contributed by atoms with E-state index in [2.05, 4.69) is 0 Å². The zero-order chi connectivity index (χ0) is 8.85. The van der Waals surface area contributed by atoms with E-state index in [-0.39, 0.29) is 24.6 Å². The molecule has 0 fully saturated rings. The van der Waals surface area contributed by atoms with Crippen LogP contribution in [0.4, 0.5) is 0 Å². The summed E-state index contributed by atoms with van der Waals surface area (Å²) in [4.78, 5) is 10.7. The summed E-state index contributed by atoms with van der Waals surface area (Å²) in [5.74, 6) is -0.191. The normalized spacial score (nSPS) is 15.6. The fraction of sp³-hybridized carbons (Fsp3) is 0.875. The molecule has 3 heteroatoms. The average molecular weight is 160 g/mol. The average Bonchev–Trinajstić information content (AvgIpc) is 2.02. The molecule has 1 N–H and O–H groups in total. The van der Waals surface area contributed by atoms with Crippen molar-refractivity contribution in [1.82, 2.24) is 0 Å². The van der Waals surface area contributed by atoms with Crippen LogP contribution in [-0.4, -0.2) is 23.8 Å². The monoisotopic (exact) mass is 160 g/mol. The van der Waals surface area contributed by atoms with Gasteiger partial charge in [-0.15, -0.1) is 0 Å². The second kappa shape index (κ2) is 5.13. The lowest BCUT2D eigenvalue weighted by atomic mass is 10.1. The van der Waals surface area contributed by atoms with Crippen molar-refractivity contribution < 1.29 is 14.6 Å². The van der Waals surface area contributed by atoms with Crippen molar-refractivity contribution in [1.29, 1.82) is 0 Å². The van der Waals surface area contributed by atoms with Gasteiger partial charge in [0.2, 0.25) is 0 Å². The molecule has 0 saturated carbocycles. The van der Waals surface area contributed by atoms with Crippen molar-refractivity contribution in [2.45, 2.75) is 33.3 Å². The second-order valence-electron chi connectivity index (χ2n) is 2.71. The van der Waals surface area contributed by atoms with Crippen molar-refractivity contribution in [3.05, 3.63) is 0 Å². The summed E-state index contributed by atoms with van der Waals surface area (Å²) in [5, 5.41) is 8.70. The first-order valence-electron chi connectivity index (χ1n) is 3.92. The molecule has 0 spiro atoms. The van der Waals surface area contributed by atoms with E-state index in [0.717, 1.165) is 0 Å². The predicted molar refractivity (Wildman–Crippen MR) is 42.1 cm³/mol. The molecule has 0 aliphatic rings. The first kappa shape index (κ1) is 10.4. The summed E-state index contributed by atoms with van der Waals surface area (Å²) in [7, 11) is 0. The van der Waals surface area contributed by atoms with Gasteiger partial charge in [0.1, 0.15) is 6.10 Å². The van der Waals surface area contributed by atoms with Crippen LogP contribution in [0.25, 0.3) is 0 Å². The zero-order valence-corrected chi connectivity index (χ0v) is 7.33. The van der Waals surface area contributed by atoms with Gasteiger partial charge in [-0.1, -0.05) is 13.8 Å². The van der Waals surface area contributed by atoms with Crippen molar-refractivity contribution in [2.75, 3.05) is 6.61 Å². The highest BCUT2D eigenvalue weighted by Crippen LogP contribution is 2.06. The standard InChI is InChI=1S/C8H16O3/c1-4-8(10)11-7(3)6(2)5-9/h6-7,9H,4-5H2,1-3H3. The molecule has 0 heterocycles. The number of carbonyl (C=O) groups excluding carboxylic acids is 1. The summed E-state index contributed by atoms with van der Waals surface area (Å²) in [6.45, 7) is 5.43. The van der Waals surface area contributed by atoms with Crippen molar-refractivity contribution >= 4 is 5.97 Å². The van der Waals surface area contributed by atoms with Crippen molar-refractivity contribution in [3.63, 3.8) is 0 Å². The molecule has 11 heavy (non-hydrogen) atoms. The molecule has 0 aliphatic heterocycles. The second-order valence-corrected chi connectivity index (χ2v) is 2.71. The Morgan fingerprint density at radius 3 is 2.45 bits per heavy atom. The van der Waals surface area contributed by atoms with Crippen LogP contribution in [0.1, 0.15) is 27.2 Å². The van der Waals surface area contributed by atoms with E-state index in [4.69, 9.17) is 9.84 Å². The van der Waals surface area contributed by atoms with Gasteiger partial charge in [0.05, 0.1) is 0 Å². The van der Waals surface area contributed by atoms with E-state index in [1.54, 1.807) is 13.8 Å². The molecule has 0 amide bonds. The fourth-order valence-electron chi connectivity index (χ4n) is 0.555. The van der Waals surface area contributed by atoms with Gasteiger partial charge in [-0.2, -0.15) is 0 Å². The van der Waals surface area contributed by atoms with E-state index in [9.17, 15) is 4.79 Å². The number of aliphatic hydroxyl groups excluding tert-OH is 1. The Morgan fingerprint density at radius 2 is 2.09 bits per heavy atom. The smallest absolute Gasteiger partial charge is 0.305 e. The topological polar surface area (TPSA) is 46.5 Å². The van der Waals surface area contributed by atoms with Gasteiger partial charge >= 0.3 is 5.97 Å². The van der Waals surface area contributed by atoms with Crippen LogP contribution in [-0.2, 0) is 9.53 Å². The lowest BCUT2D eigenvalue weighted by molar-refractivity contribution is -0.150. The van der Waals surface area contributed by atoms with E-state index in [1.165, 1.54) is 0 Å². The summed E-state index contributed by atoms with van der Waals surface area (Å²) < 4.78 is 4.95. The Morgan fingerprint density at radius 1 is 1.55 bits per heavy atom. The maximum atomic E-state index is 10.7. The summed E-state index contributed by atoms with van der Waals surface area (Å²) in [6, 6.07) is 0. The van der Waals surface area contributed by atoms with Crippen molar-refractivity contribution in [2.24, 2.45) is 5.92 Å². The fourth-order valence-corrected chi connectivity index (χ4v) is 0.555. The molecule has 2 atom stereocenters. The molecule has 66 valence electrons. The molecule has 0 radical (unpaired) electrons. The van der Waals surface area contributed by atoms with Gasteiger partial charge in [-0.05, 0) is 6.92 Å². The maximum absolute atomic E-state index is 10.7. The van der Waals surface area contributed by atoms with Crippen LogP contribution in [0.5, 0.6) is 0 Å². The summed E-state index contributed by atoms with van der Waals surface area (Å²) in [6.07, 6.45) is 0.204. The van der Waals surface area contributed by atoms with Gasteiger partial charge in [-0.3, -0.25) is 4.79 Å². The molecule has 0 bridgehead atoms. The summed E-state index contributed by atoms with van der Waals surface area (Å²) >= 11 is 0. The lowest BCUT2D eigenvalue weighted by Crippen LogP contribution is -2.23. The Kier molecular flexibility index (Phi) is 4.86. The predicted octanol–water partition coefficient (Wildman–Crippen LogP) is 0.956. The Labute approximate surface area is 67.4 Å². The molecule has 0 rings (SSSR count). The Bertz CT molecular complexity index is 123. The van der Waals surface area contributed by atoms with Crippen LogP contribution in [0.3, 0.4) is 0 Å². The first-order chi connectivity index (χ1) is 5.11. The van der Waals surface area contributed by atoms with Gasteiger partial charge in [-0.25, -0.2) is 0 Å². The molecule has 0 saturated heterocycles. The van der Waals surface area contributed by atoms with Gasteiger partial charge in [0.15, 0.2) is 0 Å². The third kappa shape index (κ3) is 3.98. The third-order valence-electron chi connectivity index (χ3n) is 1.70. The molecular weight excluding hydrogens is 144 g/mol. The molecule has 0 aromatic carbocycles. The van der Waals surface area contributed by atoms with E-state index in [0.29, 0.717) is 6.42 Å². The highest BCUT2D eigenvalue weighted by atomic mass is 16.5. The minimum atomic E-state index is -0.210. The molecule has 0 aromatic rings. The van der Waals surface area contributed by atoms with E-state index < -0.39 is 0 Å². The van der Waals surface area contributed by atoms with Gasteiger partial charge in [0, 0.05) is 18.9 Å². The number of ether oxygens (including phenoxy) is 1.